The smallest absolute Gasteiger partial charge is 0.225 e. The first-order valence-corrected chi connectivity index (χ1v) is 33.7. The number of carbonyl (C=O) groups excluding carboxylic acids is 2. The standard InChI is InChI=1S/C70H66N6O2P4/c77-69(49-51-75(53-79(61-25-9-1-10-26-61)62-27-11-2-12-28-62)54-80(63-29-13-3-14-30-63)64-31-15-4-16-32-64)71-57-41-45-59(46-42-57)73-74-60-47-43-58(44-48-60)72-70(78)50-52-76(55-81(65-33-17-5-18-34-65)66-35-19-6-20-36-66)56-82(67-37-21-7-22-38-67)68-39-23-8-24-40-68/h1-48H,49-56H2,(H,71,77)(H,72,78). The maximum atomic E-state index is 13.8. The van der Waals surface area contributed by atoms with E-state index in [9.17, 15) is 9.59 Å². The molecule has 0 atom stereocenters. The molecule has 408 valence electrons. The van der Waals surface area contributed by atoms with E-state index in [2.05, 4.69) is 273 Å². The van der Waals surface area contributed by atoms with E-state index < -0.39 is 31.7 Å². The summed E-state index contributed by atoms with van der Waals surface area (Å²) in [5.41, 5.74) is 2.71. The molecule has 0 unspecified atom stereocenters. The Morgan fingerprint density at radius 2 is 0.476 bits per heavy atom. The Hall–Kier alpha value is -7.62. The highest BCUT2D eigenvalue weighted by atomic mass is 31.1. The van der Waals surface area contributed by atoms with Crippen LogP contribution in [0.2, 0.25) is 0 Å². The van der Waals surface area contributed by atoms with Crippen LogP contribution in [-0.4, -0.2) is 59.8 Å². The van der Waals surface area contributed by atoms with Crippen LogP contribution in [0.25, 0.3) is 0 Å². The van der Waals surface area contributed by atoms with Crippen molar-refractivity contribution in [3.05, 3.63) is 291 Å². The molecule has 2 amide bonds. The normalized spacial score (nSPS) is 11.5. The van der Waals surface area contributed by atoms with E-state index in [1.54, 1.807) is 0 Å². The van der Waals surface area contributed by atoms with Gasteiger partial charge in [-0.2, -0.15) is 10.2 Å². The van der Waals surface area contributed by atoms with E-state index in [1.165, 1.54) is 42.4 Å². The summed E-state index contributed by atoms with van der Waals surface area (Å²) >= 11 is 0. The second kappa shape index (κ2) is 30.4. The van der Waals surface area contributed by atoms with Crippen LogP contribution < -0.4 is 53.1 Å². The van der Waals surface area contributed by atoms with Crippen molar-refractivity contribution in [1.29, 1.82) is 0 Å². The number of nitrogens with zero attached hydrogens (tertiary/aromatic N) is 4. The zero-order valence-corrected chi connectivity index (χ0v) is 49.3. The van der Waals surface area contributed by atoms with Crippen molar-refractivity contribution < 1.29 is 9.59 Å². The van der Waals surface area contributed by atoms with Crippen LogP contribution in [0.4, 0.5) is 22.7 Å². The van der Waals surface area contributed by atoms with Crippen LogP contribution in [0, 0.1) is 0 Å². The third-order valence-electron chi connectivity index (χ3n) is 13.8. The zero-order chi connectivity index (χ0) is 56.0. The van der Waals surface area contributed by atoms with Crippen LogP contribution in [0.5, 0.6) is 0 Å². The van der Waals surface area contributed by atoms with E-state index in [-0.39, 0.29) is 11.8 Å². The van der Waals surface area contributed by atoms with Gasteiger partial charge in [0.25, 0.3) is 0 Å². The van der Waals surface area contributed by atoms with Gasteiger partial charge in [-0.1, -0.05) is 243 Å². The topological polar surface area (TPSA) is 89.4 Å². The van der Waals surface area contributed by atoms with Gasteiger partial charge in [0.15, 0.2) is 0 Å². The summed E-state index contributed by atoms with van der Waals surface area (Å²) < 4.78 is 0. The molecule has 2 N–H and O–H groups in total. The Bertz CT molecular complexity index is 2960. The molecule has 0 heterocycles. The van der Waals surface area contributed by atoms with Crippen LogP contribution >= 0.6 is 31.7 Å². The molecule has 12 heteroatoms. The van der Waals surface area contributed by atoms with Gasteiger partial charge >= 0.3 is 0 Å². The monoisotopic (exact) mass is 1150 g/mol. The van der Waals surface area contributed by atoms with E-state index in [0.29, 0.717) is 48.7 Å². The fourth-order valence-electron chi connectivity index (χ4n) is 9.59. The molecule has 8 nitrogen and oxygen atoms in total. The minimum atomic E-state index is -0.732. The van der Waals surface area contributed by atoms with Crippen molar-refractivity contribution in [2.24, 2.45) is 10.2 Å². The van der Waals surface area contributed by atoms with Gasteiger partial charge in [-0.05, 0) is 123 Å². The average Bonchev–Trinajstić information content (AvgIpc) is 3.64. The zero-order valence-electron chi connectivity index (χ0n) is 45.8. The fraction of sp³-hybridized carbons (Fsp3) is 0.114. The minimum absolute atomic E-state index is 0.0440. The fourth-order valence-corrected chi connectivity index (χ4v) is 19.2. The molecule has 0 aliphatic heterocycles. The molecule has 10 aromatic carbocycles. The Balaban J connectivity index is 0.765. The van der Waals surface area contributed by atoms with Crippen molar-refractivity contribution in [1.82, 2.24) is 9.80 Å². The second-order valence-electron chi connectivity index (χ2n) is 19.6. The molecule has 0 aliphatic carbocycles. The number of anilines is 2. The van der Waals surface area contributed by atoms with Gasteiger partial charge in [-0.25, -0.2) is 0 Å². The molecule has 0 aromatic heterocycles. The van der Waals surface area contributed by atoms with Gasteiger partial charge in [-0.3, -0.25) is 19.4 Å². The molecule has 82 heavy (non-hydrogen) atoms. The first-order valence-electron chi connectivity index (χ1n) is 27.6. The Labute approximate surface area is 488 Å². The summed E-state index contributed by atoms with van der Waals surface area (Å²) in [6.45, 7) is 1.21. The average molecular weight is 1150 g/mol. The highest BCUT2D eigenvalue weighted by Gasteiger charge is 2.26. The molecule has 0 saturated heterocycles. The molecular weight excluding hydrogens is 1080 g/mol. The number of benzene rings is 10. The van der Waals surface area contributed by atoms with E-state index >= 15 is 0 Å². The largest absolute Gasteiger partial charge is 0.326 e. The molecular formula is C70H66N6O2P4. The first-order chi connectivity index (χ1) is 40.5. The molecule has 10 rings (SSSR count). The van der Waals surface area contributed by atoms with Crippen molar-refractivity contribution in [3.8, 4) is 0 Å². The third-order valence-corrected chi connectivity index (χ3v) is 23.9. The number of hydrogen-bond donors (Lipinski definition) is 2. The van der Waals surface area contributed by atoms with Crippen LogP contribution in [0.1, 0.15) is 12.8 Å². The summed E-state index contributed by atoms with van der Waals surface area (Å²) in [4.78, 5) is 32.6. The lowest BCUT2D eigenvalue weighted by atomic mass is 10.2. The minimum Gasteiger partial charge on any atom is -0.326 e. The lowest BCUT2D eigenvalue weighted by Crippen LogP contribution is -2.34. The lowest BCUT2D eigenvalue weighted by Gasteiger charge is -2.32. The highest BCUT2D eigenvalue weighted by molar-refractivity contribution is 7.74. The van der Waals surface area contributed by atoms with Crippen molar-refractivity contribution in [2.45, 2.75) is 12.8 Å². The predicted molar refractivity (Wildman–Crippen MR) is 353 cm³/mol. The summed E-state index contributed by atoms with van der Waals surface area (Å²) in [5, 5.41) is 25.8. The van der Waals surface area contributed by atoms with Crippen LogP contribution in [0.3, 0.4) is 0 Å². The van der Waals surface area contributed by atoms with Crippen molar-refractivity contribution in [2.75, 3.05) is 48.9 Å². The Morgan fingerprint density at radius 1 is 0.280 bits per heavy atom. The summed E-state index contributed by atoms with van der Waals surface area (Å²) in [6.07, 6.45) is 3.97. The molecule has 0 saturated carbocycles. The second-order valence-corrected chi connectivity index (χ2v) is 28.3. The maximum absolute atomic E-state index is 13.8. The first kappa shape index (κ1) is 57.6. The molecule has 0 radical (unpaired) electrons. The summed E-state index contributed by atoms with van der Waals surface area (Å²) in [5.74, 6) is -0.0881. The van der Waals surface area contributed by atoms with Gasteiger partial charge < -0.3 is 10.6 Å². The number of rotatable bonds is 26. The number of nitrogens with one attached hydrogen (secondary N) is 2. The SMILES string of the molecule is O=C(CCN(CP(c1ccccc1)c1ccccc1)CP(c1ccccc1)c1ccccc1)Nc1ccc(N=Nc2ccc(NC(=O)CCN(CP(c3ccccc3)c3ccccc3)CP(c3ccccc3)c3ccccc3)cc2)cc1. The lowest BCUT2D eigenvalue weighted by molar-refractivity contribution is -0.117. The summed E-state index contributed by atoms with van der Waals surface area (Å²) in [6, 6.07) is 101. The number of hydrogen-bond acceptors (Lipinski definition) is 6. The van der Waals surface area contributed by atoms with E-state index in [4.69, 9.17) is 0 Å². The van der Waals surface area contributed by atoms with Gasteiger partial charge in [0.2, 0.25) is 11.8 Å². The van der Waals surface area contributed by atoms with Crippen molar-refractivity contribution >= 4 is 109 Å². The van der Waals surface area contributed by atoms with Crippen molar-refractivity contribution in [3.63, 3.8) is 0 Å². The Kier molecular flexibility index (Phi) is 21.4. The number of carbonyl (C=O) groups is 2. The third kappa shape index (κ3) is 17.0. The number of azo groups is 1. The van der Waals surface area contributed by atoms with E-state index in [0.717, 1.165) is 25.1 Å². The van der Waals surface area contributed by atoms with E-state index in [1.807, 2.05) is 48.5 Å². The predicted octanol–water partition coefficient (Wildman–Crippen LogP) is 13.7. The molecule has 10 aromatic rings. The van der Waals surface area contributed by atoms with Crippen LogP contribution in [-0.2, 0) is 9.59 Å². The summed E-state index contributed by atoms with van der Waals surface area (Å²) in [7, 11) is -2.93. The van der Waals surface area contributed by atoms with Gasteiger partial charge in [0.1, 0.15) is 0 Å². The maximum Gasteiger partial charge on any atom is 0.225 e. The molecule has 0 fully saturated rings. The van der Waals surface area contributed by atoms with Gasteiger partial charge in [-0.15, -0.1) is 0 Å². The molecule has 0 bridgehead atoms. The highest BCUT2D eigenvalue weighted by Crippen LogP contribution is 2.41. The molecule has 0 spiro atoms. The Morgan fingerprint density at radius 3 is 0.671 bits per heavy atom. The van der Waals surface area contributed by atoms with Gasteiger partial charge in [0, 0.05) is 62.4 Å². The number of amides is 2. The van der Waals surface area contributed by atoms with Gasteiger partial charge in [0.05, 0.1) is 11.4 Å². The molecule has 0 aliphatic rings. The van der Waals surface area contributed by atoms with Crippen LogP contribution in [0.15, 0.2) is 301 Å². The quantitative estimate of drug-likeness (QED) is 0.0418.